The maximum atomic E-state index is 12.2. The van der Waals surface area contributed by atoms with Gasteiger partial charge in [-0.1, -0.05) is 18.2 Å². The fraction of sp³-hybridized carbons (Fsp3) is 0.333. The molecule has 8 heteroatoms. The van der Waals surface area contributed by atoms with E-state index in [1.807, 2.05) is 18.2 Å². The number of nitrogens with one attached hydrogen (secondary N) is 2. The van der Waals surface area contributed by atoms with E-state index in [-0.39, 0.29) is 18.9 Å². The van der Waals surface area contributed by atoms with Crippen LogP contribution in [-0.2, 0) is 0 Å². The van der Waals surface area contributed by atoms with Crippen LogP contribution in [0.2, 0.25) is 0 Å². The lowest BCUT2D eigenvalue weighted by Crippen LogP contribution is -2.43. The summed E-state index contributed by atoms with van der Waals surface area (Å²) in [6.07, 6.45) is 1.30. The van der Waals surface area contributed by atoms with E-state index in [1.54, 1.807) is 35.2 Å². The molecule has 0 aromatic heterocycles. The lowest BCUT2D eigenvalue weighted by molar-refractivity contribution is 0.130. The first-order chi connectivity index (χ1) is 14.2. The minimum absolute atomic E-state index is 0.197. The highest BCUT2D eigenvalue weighted by Gasteiger charge is 2.24. The van der Waals surface area contributed by atoms with Crippen LogP contribution in [0.1, 0.15) is 12.8 Å². The molecule has 0 saturated carbocycles. The first-order valence-corrected chi connectivity index (χ1v) is 9.64. The molecule has 2 aliphatic rings. The number of benzene rings is 2. The highest BCUT2D eigenvalue weighted by atomic mass is 16.7. The second-order valence-corrected chi connectivity index (χ2v) is 7.01. The summed E-state index contributed by atoms with van der Waals surface area (Å²) in [7, 11) is 0. The van der Waals surface area contributed by atoms with Crippen molar-refractivity contribution in [1.29, 1.82) is 0 Å². The zero-order valence-corrected chi connectivity index (χ0v) is 15.9. The first-order valence-electron chi connectivity index (χ1n) is 9.64. The van der Waals surface area contributed by atoms with Gasteiger partial charge in [-0.05, 0) is 43.0 Å². The average Bonchev–Trinajstić information content (AvgIpc) is 3.21. The highest BCUT2D eigenvalue weighted by Crippen LogP contribution is 2.34. The van der Waals surface area contributed by atoms with E-state index in [1.165, 1.54) is 0 Å². The lowest BCUT2D eigenvalue weighted by atomic mass is 9.97. The minimum Gasteiger partial charge on any atom is -0.454 e. The number of ether oxygens (including phenoxy) is 3. The number of carbonyl (C=O) groups excluding carboxylic acids is 2. The van der Waals surface area contributed by atoms with Crippen molar-refractivity contribution in [3.05, 3.63) is 48.5 Å². The SMILES string of the molecule is O=C(NCC1CCN(C(=O)Oc2ccccc2)CC1)Nc1ccc2c(c1)OCO2. The van der Waals surface area contributed by atoms with Gasteiger partial charge in [-0.2, -0.15) is 0 Å². The lowest BCUT2D eigenvalue weighted by Gasteiger charge is -2.31. The molecule has 0 atom stereocenters. The van der Waals surface area contributed by atoms with E-state index < -0.39 is 0 Å². The van der Waals surface area contributed by atoms with Gasteiger partial charge >= 0.3 is 12.1 Å². The standard InChI is InChI=1S/C21H23N3O5/c25-20(23-16-6-7-18-19(12-16)28-14-27-18)22-13-15-8-10-24(11-9-15)21(26)29-17-4-2-1-3-5-17/h1-7,12,15H,8-11,13-14H2,(H2,22,23,25). The van der Waals surface area contributed by atoms with Gasteiger partial charge in [-0.25, -0.2) is 9.59 Å². The van der Waals surface area contributed by atoms with Crippen LogP contribution in [0.4, 0.5) is 15.3 Å². The van der Waals surface area contributed by atoms with Gasteiger partial charge in [-0.15, -0.1) is 0 Å². The Morgan fingerprint density at radius 3 is 2.59 bits per heavy atom. The van der Waals surface area contributed by atoms with E-state index in [4.69, 9.17) is 14.2 Å². The monoisotopic (exact) mass is 397 g/mol. The Balaban J connectivity index is 1.18. The maximum absolute atomic E-state index is 12.2. The van der Waals surface area contributed by atoms with E-state index in [9.17, 15) is 9.59 Å². The molecule has 2 aromatic rings. The van der Waals surface area contributed by atoms with Gasteiger partial charge in [0, 0.05) is 31.4 Å². The Morgan fingerprint density at radius 1 is 1.03 bits per heavy atom. The van der Waals surface area contributed by atoms with Crippen LogP contribution in [0.5, 0.6) is 17.2 Å². The third-order valence-electron chi connectivity index (χ3n) is 5.00. The highest BCUT2D eigenvalue weighted by molar-refractivity contribution is 5.89. The molecule has 4 rings (SSSR count). The molecule has 1 saturated heterocycles. The fourth-order valence-corrected chi connectivity index (χ4v) is 3.36. The van der Waals surface area contributed by atoms with Gasteiger partial charge in [-0.3, -0.25) is 0 Å². The molecule has 1 fully saturated rings. The quantitative estimate of drug-likeness (QED) is 0.825. The van der Waals surface area contributed by atoms with Crippen molar-refractivity contribution in [2.45, 2.75) is 12.8 Å². The molecule has 29 heavy (non-hydrogen) atoms. The number of amides is 3. The molecule has 152 valence electrons. The Bertz CT molecular complexity index is 866. The van der Waals surface area contributed by atoms with Gasteiger partial charge in [0.2, 0.25) is 6.79 Å². The molecule has 0 unspecified atom stereocenters. The van der Waals surface area contributed by atoms with E-state index in [0.717, 1.165) is 12.8 Å². The van der Waals surface area contributed by atoms with Gasteiger partial charge in [0.1, 0.15) is 5.75 Å². The summed E-state index contributed by atoms with van der Waals surface area (Å²) >= 11 is 0. The summed E-state index contributed by atoms with van der Waals surface area (Å²) in [4.78, 5) is 26.1. The minimum atomic E-state index is -0.330. The molecule has 0 radical (unpaired) electrons. The van der Waals surface area contributed by atoms with Crippen LogP contribution in [0.25, 0.3) is 0 Å². The van der Waals surface area contributed by atoms with Crippen LogP contribution in [0, 0.1) is 5.92 Å². The molecular formula is C21H23N3O5. The number of carbonyl (C=O) groups is 2. The number of para-hydroxylation sites is 1. The Morgan fingerprint density at radius 2 is 1.79 bits per heavy atom. The molecule has 2 heterocycles. The van der Waals surface area contributed by atoms with Crippen LogP contribution in [-0.4, -0.2) is 43.5 Å². The number of urea groups is 1. The van der Waals surface area contributed by atoms with Crippen LogP contribution < -0.4 is 24.8 Å². The zero-order valence-electron chi connectivity index (χ0n) is 15.9. The summed E-state index contributed by atoms with van der Waals surface area (Å²) in [6, 6.07) is 14.0. The second kappa shape index (κ2) is 8.72. The second-order valence-electron chi connectivity index (χ2n) is 7.01. The third-order valence-corrected chi connectivity index (χ3v) is 5.00. The van der Waals surface area contributed by atoms with Gasteiger partial charge in [0.15, 0.2) is 11.5 Å². The average molecular weight is 397 g/mol. The van der Waals surface area contributed by atoms with Crippen molar-refractivity contribution >= 4 is 17.8 Å². The summed E-state index contributed by atoms with van der Waals surface area (Å²) in [6.45, 7) is 1.98. The van der Waals surface area contributed by atoms with E-state index in [0.29, 0.717) is 48.5 Å². The zero-order chi connectivity index (χ0) is 20.1. The van der Waals surface area contributed by atoms with Gasteiger partial charge in [0.05, 0.1) is 0 Å². The number of rotatable bonds is 4. The Kier molecular flexibility index (Phi) is 5.69. The van der Waals surface area contributed by atoms with Crippen LogP contribution in [0.3, 0.4) is 0 Å². The first kappa shape index (κ1) is 18.9. The number of nitrogens with zero attached hydrogens (tertiary/aromatic N) is 1. The van der Waals surface area contributed by atoms with Gasteiger partial charge in [0.25, 0.3) is 0 Å². The number of anilines is 1. The molecular weight excluding hydrogens is 374 g/mol. The van der Waals surface area contributed by atoms with E-state index in [2.05, 4.69) is 10.6 Å². The normalized spacial score (nSPS) is 15.7. The predicted molar refractivity (Wildman–Crippen MR) is 106 cm³/mol. The van der Waals surface area contributed by atoms with Crippen molar-refractivity contribution in [1.82, 2.24) is 10.2 Å². The summed E-state index contributed by atoms with van der Waals surface area (Å²) in [5, 5.41) is 5.69. The molecule has 0 bridgehead atoms. The smallest absolute Gasteiger partial charge is 0.415 e. The summed E-state index contributed by atoms with van der Waals surface area (Å²) in [5.74, 6) is 2.16. The molecule has 2 aromatic carbocycles. The number of likely N-dealkylation sites (tertiary alicyclic amines) is 1. The number of hydrogen-bond acceptors (Lipinski definition) is 5. The molecule has 2 aliphatic heterocycles. The van der Waals surface area contributed by atoms with Crippen molar-refractivity contribution in [2.24, 2.45) is 5.92 Å². The van der Waals surface area contributed by atoms with E-state index >= 15 is 0 Å². The predicted octanol–water partition coefficient (Wildman–Crippen LogP) is 3.45. The molecule has 8 nitrogen and oxygen atoms in total. The van der Waals surface area contributed by atoms with Crippen molar-refractivity contribution in [2.75, 3.05) is 31.7 Å². The number of piperidine rings is 1. The molecule has 0 spiro atoms. The maximum Gasteiger partial charge on any atom is 0.415 e. The Hall–Kier alpha value is -3.42. The van der Waals surface area contributed by atoms with Crippen LogP contribution in [0.15, 0.2) is 48.5 Å². The van der Waals surface area contributed by atoms with Crippen molar-refractivity contribution < 1.29 is 23.8 Å². The molecule has 0 aliphatic carbocycles. The third kappa shape index (κ3) is 4.90. The molecule has 3 amide bonds. The number of fused-ring (bicyclic) bond motifs is 1. The molecule has 2 N–H and O–H groups in total. The summed E-state index contributed by atoms with van der Waals surface area (Å²) < 4.78 is 15.9. The van der Waals surface area contributed by atoms with Gasteiger partial charge < -0.3 is 29.7 Å². The Labute approximate surface area is 168 Å². The summed E-state index contributed by atoms with van der Waals surface area (Å²) in [5.41, 5.74) is 0.644. The number of hydrogen-bond donors (Lipinski definition) is 2. The van der Waals surface area contributed by atoms with Crippen LogP contribution >= 0.6 is 0 Å². The van der Waals surface area contributed by atoms with Crippen molar-refractivity contribution in [3.8, 4) is 17.2 Å². The van der Waals surface area contributed by atoms with Crippen molar-refractivity contribution in [3.63, 3.8) is 0 Å². The fourth-order valence-electron chi connectivity index (χ4n) is 3.36. The largest absolute Gasteiger partial charge is 0.454 e. The topological polar surface area (TPSA) is 89.1 Å².